The number of ether oxygens (including phenoxy) is 1. The molecule has 0 radical (unpaired) electrons. The average molecular weight is 403 g/mol. The van der Waals surface area contributed by atoms with Gasteiger partial charge in [-0.3, -0.25) is 4.79 Å². The van der Waals surface area contributed by atoms with Crippen molar-refractivity contribution in [2.45, 2.75) is 25.8 Å². The second-order valence-corrected chi connectivity index (χ2v) is 7.05. The lowest BCUT2D eigenvalue weighted by atomic mass is 10.0. The lowest BCUT2D eigenvalue weighted by molar-refractivity contribution is 0.0668. The number of rotatable bonds is 4. The van der Waals surface area contributed by atoms with Gasteiger partial charge in [-0.1, -0.05) is 22.0 Å². The van der Waals surface area contributed by atoms with Crippen LogP contribution in [-0.2, 0) is 0 Å². The Morgan fingerprint density at radius 3 is 3.00 bits per heavy atom. The van der Waals surface area contributed by atoms with Crippen molar-refractivity contribution in [3.05, 3.63) is 40.9 Å². The third-order valence-corrected chi connectivity index (χ3v) is 4.95. The molecule has 0 bridgehead atoms. The highest BCUT2D eigenvalue weighted by Gasteiger charge is 2.28. The first kappa shape index (κ1) is 18.4. The van der Waals surface area contributed by atoms with Crippen molar-refractivity contribution >= 4 is 17.5 Å². The molecule has 0 aliphatic carbocycles. The van der Waals surface area contributed by atoms with Crippen molar-refractivity contribution in [1.29, 1.82) is 0 Å². The van der Waals surface area contributed by atoms with E-state index >= 15 is 0 Å². The molecular weight excluding hydrogens is 384 g/mol. The van der Waals surface area contributed by atoms with E-state index in [9.17, 15) is 4.79 Å². The van der Waals surface area contributed by atoms with Crippen LogP contribution in [0.5, 0.6) is 5.75 Å². The molecule has 1 fully saturated rings. The van der Waals surface area contributed by atoms with Crippen LogP contribution in [0.4, 0.5) is 0 Å². The van der Waals surface area contributed by atoms with Crippen LogP contribution in [0.3, 0.4) is 0 Å². The summed E-state index contributed by atoms with van der Waals surface area (Å²) in [6.45, 7) is 2.90. The smallest absolute Gasteiger partial charge is 0.257 e. The first-order chi connectivity index (χ1) is 13.5. The van der Waals surface area contributed by atoms with Crippen molar-refractivity contribution in [1.82, 2.24) is 30.0 Å². The quantitative estimate of drug-likeness (QED) is 0.661. The predicted molar refractivity (Wildman–Crippen MR) is 100 cm³/mol. The summed E-state index contributed by atoms with van der Waals surface area (Å²) < 4.78 is 12.1. The van der Waals surface area contributed by atoms with E-state index < -0.39 is 0 Å². The van der Waals surface area contributed by atoms with Crippen LogP contribution in [0.1, 0.15) is 35.1 Å². The van der Waals surface area contributed by atoms with Crippen molar-refractivity contribution in [3.63, 3.8) is 0 Å². The van der Waals surface area contributed by atoms with Gasteiger partial charge in [0.2, 0.25) is 11.7 Å². The number of methoxy groups -OCH3 is 1. The minimum Gasteiger partial charge on any atom is -0.496 e. The molecule has 1 amide bonds. The zero-order chi connectivity index (χ0) is 19.7. The number of hydrogen-bond acceptors (Lipinski definition) is 7. The molecule has 1 aromatic carbocycles. The number of carbonyl (C=O) groups is 1. The van der Waals surface area contributed by atoms with Crippen molar-refractivity contribution in [2.24, 2.45) is 0 Å². The van der Waals surface area contributed by atoms with Gasteiger partial charge in [0.25, 0.3) is 5.91 Å². The van der Waals surface area contributed by atoms with Crippen LogP contribution in [-0.4, -0.2) is 56.1 Å². The number of nitrogens with zero attached hydrogens (tertiary/aromatic N) is 6. The van der Waals surface area contributed by atoms with Crippen LogP contribution in [0.25, 0.3) is 11.5 Å². The van der Waals surface area contributed by atoms with Gasteiger partial charge >= 0.3 is 0 Å². The molecule has 4 rings (SSSR count). The summed E-state index contributed by atoms with van der Waals surface area (Å²) in [5.41, 5.74) is 0.994. The Morgan fingerprint density at radius 2 is 2.25 bits per heavy atom. The maximum atomic E-state index is 13.0. The predicted octanol–water partition coefficient (Wildman–Crippen LogP) is 2.78. The van der Waals surface area contributed by atoms with Gasteiger partial charge in [-0.05, 0) is 31.0 Å². The van der Waals surface area contributed by atoms with E-state index in [1.807, 2.05) is 0 Å². The summed E-state index contributed by atoms with van der Waals surface area (Å²) in [5.74, 6) is 1.26. The molecule has 0 N–H and O–H groups in total. The van der Waals surface area contributed by atoms with E-state index in [1.54, 1.807) is 40.9 Å². The normalized spacial score (nSPS) is 17.0. The summed E-state index contributed by atoms with van der Waals surface area (Å²) in [5, 5.41) is 12.7. The van der Waals surface area contributed by atoms with Crippen LogP contribution >= 0.6 is 11.6 Å². The molecule has 1 saturated heterocycles. The Bertz CT molecular complexity index is 1000. The Labute approximate surface area is 166 Å². The van der Waals surface area contributed by atoms with Gasteiger partial charge in [-0.15, -0.1) is 5.10 Å². The molecule has 3 aromatic rings. The molecule has 9 nitrogen and oxygen atoms in total. The van der Waals surface area contributed by atoms with E-state index in [0.717, 1.165) is 12.8 Å². The fourth-order valence-electron chi connectivity index (χ4n) is 3.33. The van der Waals surface area contributed by atoms with E-state index in [-0.39, 0.29) is 11.9 Å². The number of aromatic nitrogens is 5. The fraction of sp³-hybridized carbons (Fsp3) is 0.389. The standard InChI is InChI=1S/C18H19ClN6O3/c1-11-20-17(22-28-11)15-10-25(23-21-15)13-4-3-7-24(9-13)18(26)14-8-12(19)5-6-16(14)27-2/h5-6,8,10,13H,3-4,7,9H2,1-2H3. The minimum absolute atomic E-state index is 0.0112. The number of aryl methyl sites for hydroxylation is 1. The Hall–Kier alpha value is -2.94. The zero-order valence-electron chi connectivity index (χ0n) is 15.5. The molecule has 0 spiro atoms. The third kappa shape index (κ3) is 3.57. The lowest BCUT2D eigenvalue weighted by Crippen LogP contribution is -2.41. The average Bonchev–Trinajstić information content (AvgIpc) is 3.36. The van der Waals surface area contributed by atoms with Gasteiger partial charge in [0.05, 0.1) is 24.9 Å². The fourth-order valence-corrected chi connectivity index (χ4v) is 3.51. The summed E-state index contributed by atoms with van der Waals surface area (Å²) in [6.07, 6.45) is 3.53. The van der Waals surface area contributed by atoms with Crippen LogP contribution in [0.15, 0.2) is 28.9 Å². The summed E-state index contributed by atoms with van der Waals surface area (Å²) in [6, 6.07) is 5.05. The molecule has 3 heterocycles. The van der Waals surface area contributed by atoms with Crippen LogP contribution < -0.4 is 4.74 Å². The number of carbonyl (C=O) groups excluding carboxylic acids is 1. The maximum absolute atomic E-state index is 13.0. The third-order valence-electron chi connectivity index (χ3n) is 4.72. The van der Waals surface area contributed by atoms with Gasteiger partial charge in [-0.2, -0.15) is 4.98 Å². The number of amides is 1. The van der Waals surface area contributed by atoms with Gasteiger partial charge in [0.15, 0.2) is 5.69 Å². The zero-order valence-corrected chi connectivity index (χ0v) is 16.3. The molecule has 10 heteroatoms. The van der Waals surface area contributed by atoms with Gasteiger partial charge < -0.3 is 14.2 Å². The summed E-state index contributed by atoms with van der Waals surface area (Å²) >= 11 is 6.08. The Balaban J connectivity index is 1.53. The minimum atomic E-state index is -0.113. The summed E-state index contributed by atoms with van der Waals surface area (Å²) in [7, 11) is 1.54. The number of hydrogen-bond donors (Lipinski definition) is 0. The van der Waals surface area contributed by atoms with Crippen molar-refractivity contribution < 1.29 is 14.1 Å². The number of piperidine rings is 1. The molecule has 28 heavy (non-hydrogen) atoms. The monoisotopic (exact) mass is 402 g/mol. The first-order valence-corrected chi connectivity index (χ1v) is 9.28. The Kier molecular flexibility index (Phi) is 4.99. The highest BCUT2D eigenvalue weighted by Crippen LogP contribution is 2.28. The van der Waals surface area contributed by atoms with Gasteiger partial charge in [0, 0.05) is 25.0 Å². The second kappa shape index (κ2) is 7.59. The molecule has 1 aliphatic rings. The topological polar surface area (TPSA) is 99.2 Å². The van der Waals surface area contributed by atoms with Crippen molar-refractivity contribution in [3.8, 4) is 17.3 Å². The summed E-state index contributed by atoms with van der Waals surface area (Å²) in [4.78, 5) is 19.0. The van der Waals surface area contributed by atoms with E-state index in [1.165, 1.54) is 7.11 Å². The van der Waals surface area contributed by atoms with Gasteiger partial charge in [0.1, 0.15) is 5.75 Å². The molecule has 1 atom stereocenters. The Morgan fingerprint density at radius 1 is 1.39 bits per heavy atom. The molecule has 1 unspecified atom stereocenters. The highest BCUT2D eigenvalue weighted by atomic mass is 35.5. The lowest BCUT2D eigenvalue weighted by Gasteiger charge is -2.32. The largest absolute Gasteiger partial charge is 0.496 e. The number of likely N-dealkylation sites (tertiary alicyclic amines) is 1. The molecular formula is C18H19ClN6O3. The maximum Gasteiger partial charge on any atom is 0.257 e. The van der Waals surface area contributed by atoms with Crippen molar-refractivity contribution in [2.75, 3.05) is 20.2 Å². The van der Waals surface area contributed by atoms with E-state index in [2.05, 4.69) is 20.5 Å². The molecule has 1 aliphatic heterocycles. The van der Waals surface area contributed by atoms with Crippen LogP contribution in [0, 0.1) is 6.92 Å². The SMILES string of the molecule is COc1ccc(Cl)cc1C(=O)N1CCCC(n2cc(-c3noc(C)n3)nn2)C1. The van der Waals surface area contributed by atoms with Gasteiger partial charge in [-0.25, -0.2) is 4.68 Å². The second-order valence-electron chi connectivity index (χ2n) is 6.61. The first-order valence-electron chi connectivity index (χ1n) is 8.90. The molecule has 2 aromatic heterocycles. The highest BCUT2D eigenvalue weighted by molar-refractivity contribution is 6.31. The number of halogens is 1. The molecule has 146 valence electrons. The van der Waals surface area contributed by atoms with E-state index in [0.29, 0.717) is 46.8 Å². The van der Waals surface area contributed by atoms with E-state index in [4.69, 9.17) is 20.9 Å². The molecule has 0 saturated carbocycles. The number of benzene rings is 1. The van der Waals surface area contributed by atoms with Crippen LogP contribution in [0.2, 0.25) is 5.02 Å².